The largest absolute Gasteiger partial charge is 0.480 e. The fraction of sp³-hybridized carbons (Fsp3) is 0.529. The highest BCUT2D eigenvalue weighted by Crippen LogP contribution is 2.22. The van der Waals surface area contributed by atoms with E-state index in [1.54, 1.807) is 9.80 Å². The Morgan fingerprint density at radius 1 is 1.27 bits per heavy atom. The smallest absolute Gasteiger partial charge is 0.263 e. The van der Waals surface area contributed by atoms with E-state index in [1.165, 1.54) is 0 Å². The molecule has 5 heteroatoms. The van der Waals surface area contributed by atoms with Crippen LogP contribution >= 0.6 is 0 Å². The van der Waals surface area contributed by atoms with E-state index >= 15 is 0 Å². The Labute approximate surface area is 131 Å². The molecule has 1 aliphatic rings. The topological polar surface area (TPSA) is 49.9 Å². The standard InChI is InChI=1S/C17H24N2O3/c1-4-15(22-16-11-13(2)5-6-14(16)3)17(21)19-9-7-18(12-20)8-10-19/h5-6,11-12,15H,4,7-10H2,1-3H3. The summed E-state index contributed by atoms with van der Waals surface area (Å²) in [5.41, 5.74) is 2.14. The van der Waals surface area contributed by atoms with Gasteiger partial charge >= 0.3 is 0 Å². The Balaban J connectivity index is 2.03. The summed E-state index contributed by atoms with van der Waals surface area (Å²) in [6, 6.07) is 6.00. The maximum absolute atomic E-state index is 12.6. The van der Waals surface area contributed by atoms with Gasteiger partial charge in [-0.05, 0) is 37.5 Å². The summed E-state index contributed by atoms with van der Waals surface area (Å²) in [6.07, 6.45) is 0.995. The highest BCUT2D eigenvalue weighted by molar-refractivity contribution is 5.81. The van der Waals surface area contributed by atoms with E-state index in [-0.39, 0.29) is 5.91 Å². The molecule has 0 spiro atoms. The van der Waals surface area contributed by atoms with Crippen LogP contribution in [0, 0.1) is 13.8 Å². The van der Waals surface area contributed by atoms with E-state index in [9.17, 15) is 9.59 Å². The summed E-state index contributed by atoms with van der Waals surface area (Å²) >= 11 is 0. The molecule has 0 aromatic heterocycles. The molecule has 0 N–H and O–H groups in total. The van der Waals surface area contributed by atoms with Crippen molar-refractivity contribution in [2.45, 2.75) is 33.3 Å². The summed E-state index contributed by atoms with van der Waals surface area (Å²) in [7, 11) is 0. The summed E-state index contributed by atoms with van der Waals surface area (Å²) < 4.78 is 5.97. The second-order valence-corrected chi connectivity index (χ2v) is 5.75. The normalized spacial score (nSPS) is 16.3. The van der Waals surface area contributed by atoms with Gasteiger partial charge in [-0.1, -0.05) is 19.1 Å². The number of hydrogen-bond acceptors (Lipinski definition) is 3. The monoisotopic (exact) mass is 304 g/mol. The minimum absolute atomic E-state index is 0.00829. The van der Waals surface area contributed by atoms with Crippen molar-refractivity contribution in [3.05, 3.63) is 29.3 Å². The zero-order chi connectivity index (χ0) is 16.1. The first kappa shape index (κ1) is 16.3. The molecule has 0 bridgehead atoms. The minimum Gasteiger partial charge on any atom is -0.480 e. The van der Waals surface area contributed by atoms with Crippen LogP contribution in [-0.4, -0.2) is 54.4 Å². The molecule has 2 amide bonds. The molecule has 1 aromatic rings. The third-order valence-electron chi connectivity index (χ3n) is 4.03. The highest BCUT2D eigenvalue weighted by atomic mass is 16.5. The Morgan fingerprint density at radius 2 is 1.95 bits per heavy atom. The van der Waals surface area contributed by atoms with Gasteiger partial charge in [0.1, 0.15) is 5.75 Å². The lowest BCUT2D eigenvalue weighted by Crippen LogP contribution is -2.51. The number of rotatable bonds is 5. The Kier molecular flexibility index (Phi) is 5.41. The van der Waals surface area contributed by atoms with Crippen LogP contribution in [0.1, 0.15) is 24.5 Å². The zero-order valence-electron chi connectivity index (χ0n) is 13.5. The molecular formula is C17H24N2O3. The van der Waals surface area contributed by atoms with E-state index in [0.29, 0.717) is 32.6 Å². The molecule has 2 rings (SSSR count). The average Bonchev–Trinajstić information content (AvgIpc) is 2.55. The number of ether oxygens (including phenoxy) is 1. The van der Waals surface area contributed by atoms with Gasteiger partial charge in [0.2, 0.25) is 6.41 Å². The van der Waals surface area contributed by atoms with Gasteiger partial charge in [-0.15, -0.1) is 0 Å². The predicted molar refractivity (Wildman–Crippen MR) is 84.8 cm³/mol. The van der Waals surface area contributed by atoms with Gasteiger partial charge in [-0.25, -0.2) is 0 Å². The molecule has 1 unspecified atom stereocenters. The molecule has 1 heterocycles. The highest BCUT2D eigenvalue weighted by Gasteiger charge is 2.27. The molecule has 1 atom stereocenters. The fourth-order valence-electron chi connectivity index (χ4n) is 2.55. The molecule has 1 saturated heterocycles. The van der Waals surface area contributed by atoms with Crippen LogP contribution in [0.4, 0.5) is 0 Å². The lowest BCUT2D eigenvalue weighted by atomic mass is 10.1. The molecule has 5 nitrogen and oxygen atoms in total. The number of hydrogen-bond donors (Lipinski definition) is 0. The first-order valence-electron chi connectivity index (χ1n) is 7.77. The molecule has 1 aromatic carbocycles. The van der Waals surface area contributed by atoms with Gasteiger partial charge in [0.15, 0.2) is 6.10 Å². The predicted octanol–water partition coefficient (Wildman–Crippen LogP) is 1.76. The van der Waals surface area contributed by atoms with Crippen molar-refractivity contribution in [1.82, 2.24) is 9.80 Å². The van der Waals surface area contributed by atoms with Gasteiger partial charge in [0.25, 0.3) is 5.91 Å². The quantitative estimate of drug-likeness (QED) is 0.779. The molecular weight excluding hydrogens is 280 g/mol. The molecule has 22 heavy (non-hydrogen) atoms. The lowest BCUT2D eigenvalue weighted by molar-refractivity contribution is -0.142. The number of benzene rings is 1. The van der Waals surface area contributed by atoms with Crippen LogP contribution in [0.5, 0.6) is 5.75 Å². The third-order valence-corrected chi connectivity index (χ3v) is 4.03. The van der Waals surface area contributed by atoms with Crippen molar-refractivity contribution >= 4 is 12.3 Å². The second-order valence-electron chi connectivity index (χ2n) is 5.75. The van der Waals surface area contributed by atoms with Gasteiger partial charge in [0.05, 0.1) is 0 Å². The van der Waals surface area contributed by atoms with E-state index in [1.807, 2.05) is 39.0 Å². The Bertz CT molecular complexity index is 537. The maximum Gasteiger partial charge on any atom is 0.263 e. The molecule has 1 aliphatic heterocycles. The number of carbonyl (C=O) groups excluding carboxylic acids is 2. The van der Waals surface area contributed by atoms with E-state index < -0.39 is 6.10 Å². The van der Waals surface area contributed by atoms with Crippen LogP contribution in [0.15, 0.2) is 18.2 Å². The first-order valence-corrected chi connectivity index (χ1v) is 7.77. The first-order chi connectivity index (χ1) is 10.5. The Hall–Kier alpha value is -2.04. The van der Waals surface area contributed by atoms with Crippen molar-refractivity contribution in [2.24, 2.45) is 0 Å². The summed E-state index contributed by atoms with van der Waals surface area (Å²) in [5.74, 6) is 0.778. The summed E-state index contributed by atoms with van der Waals surface area (Å²) in [6.45, 7) is 8.27. The number of amides is 2. The SMILES string of the molecule is CCC(Oc1cc(C)ccc1C)C(=O)N1CCN(C=O)CC1. The van der Waals surface area contributed by atoms with Gasteiger partial charge < -0.3 is 14.5 Å². The maximum atomic E-state index is 12.6. The number of piperazine rings is 1. The summed E-state index contributed by atoms with van der Waals surface area (Å²) in [5, 5.41) is 0. The number of aryl methyl sites for hydroxylation is 2. The number of nitrogens with zero attached hydrogens (tertiary/aromatic N) is 2. The summed E-state index contributed by atoms with van der Waals surface area (Å²) in [4.78, 5) is 26.8. The third kappa shape index (κ3) is 3.78. The van der Waals surface area contributed by atoms with Gasteiger partial charge in [-0.3, -0.25) is 9.59 Å². The number of carbonyl (C=O) groups is 2. The van der Waals surface area contributed by atoms with E-state index in [0.717, 1.165) is 23.3 Å². The molecule has 1 fully saturated rings. The second kappa shape index (κ2) is 7.29. The molecule has 0 radical (unpaired) electrons. The molecule has 0 saturated carbocycles. The average molecular weight is 304 g/mol. The van der Waals surface area contributed by atoms with Crippen LogP contribution in [0.2, 0.25) is 0 Å². The van der Waals surface area contributed by atoms with E-state index in [2.05, 4.69) is 0 Å². The van der Waals surface area contributed by atoms with Crippen molar-refractivity contribution in [2.75, 3.05) is 26.2 Å². The zero-order valence-corrected chi connectivity index (χ0v) is 13.5. The van der Waals surface area contributed by atoms with Crippen molar-refractivity contribution < 1.29 is 14.3 Å². The van der Waals surface area contributed by atoms with Crippen LogP contribution in [-0.2, 0) is 9.59 Å². The van der Waals surface area contributed by atoms with Crippen molar-refractivity contribution in [3.63, 3.8) is 0 Å². The van der Waals surface area contributed by atoms with Crippen LogP contribution in [0.3, 0.4) is 0 Å². The van der Waals surface area contributed by atoms with Gasteiger partial charge in [-0.2, -0.15) is 0 Å². The minimum atomic E-state index is -0.469. The van der Waals surface area contributed by atoms with Crippen LogP contribution in [0.25, 0.3) is 0 Å². The van der Waals surface area contributed by atoms with Crippen molar-refractivity contribution in [1.29, 1.82) is 0 Å². The van der Waals surface area contributed by atoms with Crippen molar-refractivity contribution in [3.8, 4) is 5.75 Å². The lowest BCUT2D eigenvalue weighted by Gasteiger charge is -2.34. The van der Waals surface area contributed by atoms with Gasteiger partial charge in [0, 0.05) is 26.2 Å². The molecule has 0 aliphatic carbocycles. The molecule has 120 valence electrons. The van der Waals surface area contributed by atoms with E-state index in [4.69, 9.17) is 4.74 Å². The Morgan fingerprint density at radius 3 is 2.55 bits per heavy atom. The van der Waals surface area contributed by atoms with Crippen LogP contribution < -0.4 is 4.74 Å². The fourth-order valence-corrected chi connectivity index (χ4v) is 2.55.